The van der Waals surface area contributed by atoms with Crippen molar-refractivity contribution in [1.82, 2.24) is 20.0 Å². The van der Waals surface area contributed by atoms with Crippen molar-refractivity contribution in [2.45, 2.75) is 32.4 Å². The van der Waals surface area contributed by atoms with Crippen LogP contribution < -0.4 is 5.32 Å². The summed E-state index contributed by atoms with van der Waals surface area (Å²) in [5.41, 5.74) is 1.53. The highest BCUT2D eigenvalue weighted by molar-refractivity contribution is 6.32. The number of nitrogens with one attached hydrogen (secondary N) is 1. The largest absolute Gasteiger partial charge is 0.452 e. The van der Waals surface area contributed by atoms with Gasteiger partial charge < -0.3 is 15.0 Å². The average molecular weight is 419 g/mol. The second kappa shape index (κ2) is 9.09. The Hall–Kier alpha value is -2.87. The van der Waals surface area contributed by atoms with Gasteiger partial charge in [-0.2, -0.15) is 5.10 Å². The zero-order valence-corrected chi connectivity index (χ0v) is 17.1. The van der Waals surface area contributed by atoms with Gasteiger partial charge in [0, 0.05) is 13.1 Å². The van der Waals surface area contributed by atoms with E-state index in [-0.39, 0.29) is 29.2 Å². The third kappa shape index (κ3) is 5.57. The van der Waals surface area contributed by atoms with E-state index >= 15 is 0 Å². The lowest BCUT2D eigenvalue weighted by atomic mass is 10.2. The molecule has 0 unspecified atom stereocenters. The minimum absolute atomic E-state index is 0.0817. The van der Waals surface area contributed by atoms with Gasteiger partial charge in [-0.25, -0.2) is 9.48 Å². The molecule has 154 valence electrons. The van der Waals surface area contributed by atoms with Gasteiger partial charge in [-0.1, -0.05) is 41.9 Å². The van der Waals surface area contributed by atoms with E-state index in [1.807, 2.05) is 30.3 Å². The molecular weight excluding hydrogens is 396 g/mol. The van der Waals surface area contributed by atoms with Gasteiger partial charge >= 0.3 is 5.97 Å². The summed E-state index contributed by atoms with van der Waals surface area (Å²) in [4.78, 5) is 37.6. The summed E-state index contributed by atoms with van der Waals surface area (Å²) in [5.74, 6) is -1.43. The number of nitrogens with zero attached hydrogens (tertiary/aromatic N) is 3. The number of amides is 2. The van der Waals surface area contributed by atoms with E-state index in [1.165, 1.54) is 16.6 Å². The van der Waals surface area contributed by atoms with Crippen molar-refractivity contribution in [3.05, 3.63) is 52.3 Å². The van der Waals surface area contributed by atoms with Crippen molar-refractivity contribution in [3.8, 4) is 0 Å². The van der Waals surface area contributed by atoms with Gasteiger partial charge in [0.25, 0.3) is 5.91 Å². The molecule has 0 bridgehead atoms. The summed E-state index contributed by atoms with van der Waals surface area (Å²) in [6.45, 7) is 1.50. The molecule has 0 spiro atoms. The van der Waals surface area contributed by atoms with E-state index in [0.717, 1.165) is 18.4 Å². The number of likely N-dealkylation sites (N-methyl/N-ethyl adjacent to an activating group) is 1. The van der Waals surface area contributed by atoms with Crippen molar-refractivity contribution in [2.24, 2.45) is 0 Å². The molecule has 1 N–H and O–H groups in total. The Kier molecular flexibility index (Phi) is 6.53. The molecule has 0 radical (unpaired) electrons. The van der Waals surface area contributed by atoms with Crippen LogP contribution in [0.25, 0.3) is 0 Å². The van der Waals surface area contributed by atoms with Gasteiger partial charge in [-0.05, 0) is 25.3 Å². The molecule has 1 fully saturated rings. The standard InChI is InChI=1S/C20H23ClN4O4/c1-13-18(19(21)25(23-13)10-14-6-4-3-5-7-14)20(28)29-12-17(27)24(2)11-16(26)22-15-8-9-15/h3-7,15H,8-12H2,1-2H3,(H,22,26). The first-order chi connectivity index (χ1) is 13.8. The fraction of sp³-hybridized carbons (Fsp3) is 0.400. The molecule has 29 heavy (non-hydrogen) atoms. The lowest BCUT2D eigenvalue weighted by molar-refractivity contribution is -0.137. The molecule has 0 atom stereocenters. The monoisotopic (exact) mass is 418 g/mol. The average Bonchev–Trinajstić information content (AvgIpc) is 3.45. The first kappa shape index (κ1) is 20.9. The van der Waals surface area contributed by atoms with E-state index < -0.39 is 18.5 Å². The van der Waals surface area contributed by atoms with E-state index in [2.05, 4.69) is 10.4 Å². The molecule has 0 aliphatic heterocycles. The first-order valence-electron chi connectivity index (χ1n) is 9.32. The van der Waals surface area contributed by atoms with Gasteiger partial charge in [0.2, 0.25) is 5.91 Å². The third-order valence-corrected chi connectivity index (χ3v) is 4.90. The number of carbonyl (C=O) groups excluding carboxylic acids is 3. The zero-order valence-electron chi connectivity index (χ0n) is 16.4. The highest BCUT2D eigenvalue weighted by Gasteiger charge is 2.26. The number of hydrogen-bond acceptors (Lipinski definition) is 5. The minimum atomic E-state index is -0.726. The number of carbonyl (C=O) groups is 3. The Morgan fingerprint density at radius 1 is 1.28 bits per heavy atom. The number of aromatic nitrogens is 2. The second-order valence-corrected chi connectivity index (χ2v) is 7.42. The van der Waals surface area contributed by atoms with Crippen LogP contribution >= 0.6 is 11.6 Å². The Morgan fingerprint density at radius 2 is 1.97 bits per heavy atom. The number of ether oxygens (including phenoxy) is 1. The van der Waals surface area contributed by atoms with Gasteiger partial charge in [0.1, 0.15) is 10.7 Å². The zero-order chi connectivity index (χ0) is 21.0. The molecule has 9 heteroatoms. The molecule has 1 aliphatic rings. The Bertz CT molecular complexity index is 909. The van der Waals surface area contributed by atoms with E-state index in [1.54, 1.807) is 6.92 Å². The van der Waals surface area contributed by atoms with Gasteiger partial charge in [0.15, 0.2) is 6.61 Å². The summed E-state index contributed by atoms with van der Waals surface area (Å²) < 4.78 is 6.62. The van der Waals surface area contributed by atoms with E-state index in [4.69, 9.17) is 16.3 Å². The van der Waals surface area contributed by atoms with Crippen LogP contribution in [0.5, 0.6) is 0 Å². The SMILES string of the molecule is Cc1nn(Cc2ccccc2)c(Cl)c1C(=O)OCC(=O)N(C)CC(=O)NC1CC1. The topological polar surface area (TPSA) is 93.5 Å². The van der Waals surface area contributed by atoms with Crippen LogP contribution in [0, 0.1) is 6.92 Å². The lowest BCUT2D eigenvalue weighted by Crippen LogP contribution is -2.40. The number of benzene rings is 1. The van der Waals surface area contributed by atoms with Crippen LogP contribution in [0.2, 0.25) is 5.15 Å². The molecule has 8 nitrogen and oxygen atoms in total. The molecule has 1 aromatic carbocycles. The van der Waals surface area contributed by atoms with Crippen molar-refractivity contribution in [2.75, 3.05) is 20.2 Å². The first-order valence-corrected chi connectivity index (χ1v) is 9.70. The van der Waals surface area contributed by atoms with Crippen molar-refractivity contribution in [1.29, 1.82) is 0 Å². The normalized spacial score (nSPS) is 13.1. The van der Waals surface area contributed by atoms with Crippen molar-refractivity contribution < 1.29 is 19.1 Å². The quantitative estimate of drug-likeness (QED) is 0.659. The third-order valence-electron chi connectivity index (χ3n) is 4.52. The van der Waals surface area contributed by atoms with Crippen LogP contribution in [0.4, 0.5) is 0 Å². The number of aryl methyl sites for hydroxylation is 1. The number of rotatable bonds is 8. The second-order valence-electron chi connectivity index (χ2n) is 7.06. The van der Waals surface area contributed by atoms with Gasteiger partial charge in [-0.15, -0.1) is 0 Å². The molecule has 1 heterocycles. The summed E-state index contributed by atoms with van der Waals surface area (Å²) >= 11 is 6.33. The van der Waals surface area contributed by atoms with E-state index in [0.29, 0.717) is 12.2 Å². The molecule has 1 aromatic heterocycles. The predicted octanol–water partition coefficient (Wildman–Crippen LogP) is 1.79. The summed E-state index contributed by atoms with van der Waals surface area (Å²) in [7, 11) is 1.48. The summed E-state index contributed by atoms with van der Waals surface area (Å²) in [5, 5.41) is 7.25. The van der Waals surface area contributed by atoms with Crippen molar-refractivity contribution >= 4 is 29.4 Å². The highest BCUT2D eigenvalue weighted by Crippen LogP contribution is 2.22. The Morgan fingerprint density at radius 3 is 2.62 bits per heavy atom. The maximum Gasteiger partial charge on any atom is 0.343 e. The van der Waals surface area contributed by atoms with E-state index in [9.17, 15) is 14.4 Å². The number of halogens is 1. The maximum atomic E-state index is 12.4. The van der Waals surface area contributed by atoms with Crippen LogP contribution in [-0.2, 0) is 20.9 Å². The molecule has 3 rings (SSSR count). The van der Waals surface area contributed by atoms with Gasteiger partial charge in [0.05, 0.1) is 18.8 Å². The molecule has 1 aliphatic carbocycles. The molecule has 0 saturated heterocycles. The Labute approximate surface area is 173 Å². The van der Waals surface area contributed by atoms with Crippen LogP contribution in [0.3, 0.4) is 0 Å². The fourth-order valence-electron chi connectivity index (χ4n) is 2.76. The summed E-state index contributed by atoms with van der Waals surface area (Å²) in [6.07, 6.45) is 1.94. The molecule has 2 aromatic rings. The predicted molar refractivity (Wildman–Crippen MR) is 107 cm³/mol. The minimum Gasteiger partial charge on any atom is -0.452 e. The lowest BCUT2D eigenvalue weighted by Gasteiger charge is -2.16. The Balaban J connectivity index is 1.56. The van der Waals surface area contributed by atoms with Crippen LogP contribution in [0.1, 0.15) is 34.5 Å². The highest BCUT2D eigenvalue weighted by atomic mass is 35.5. The molecular formula is C20H23ClN4O4. The molecule has 2 amide bonds. The maximum absolute atomic E-state index is 12.4. The number of hydrogen-bond donors (Lipinski definition) is 1. The molecule has 1 saturated carbocycles. The van der Waals surface area contributed by atoms with Gasteiger partial charge in [-0.3, -0.25) is 9.59 Å². The summed E-state index contributed by atoms with van der Waals surface area (Å²) in [6, 6.07) is 9.80. The van der Waals surface area contributed by atoms with Crippen LogP contribution in [0.15, 0.2) is 30.3 Å². The fourth-order valence-corrected chi connectivity index (χ4v) is 3.07. The van der Waals surface area contributed by atoms with Crippen LogP contribution in [-0.4, -0.2) is 58.7 Å². The number of esters is 1. The van der Waals surface area contributed by atoms with Crippen molar-refractivity contribution in [3.63, 3.8) is 0 Å². The smallest absolute Gasteiger partial charge is 0.343 e.